The van der Waals surface area contributed by atoms with Crippen molar-refractivity contribution in [1.82, 2.24) is 14.7 Å². The molecule has 210 valence electrons. The number of hydrogen-bond acceptors (Lipinski definition) is 13. The highest BCUT2D eigenvalue weighted by Crippen LogP contribution is 2.06. The summed E-state index contributed by atoms with van der Waals surface area (Å²) in [7, 11) is -3.28. The SMILES string of the molecule is O=C([O-])CN(CCN(CC(=O)[O-])Cc1ccc(B(O)O)cc1)CCN(CC(=O)[O-])Cc1ccc(B(O)O)cc1. The monoisotopic (exact) mass is 542 g/mol. The van der Waals surface area contributed by atoms with Crippen molar-refractivity contribution in [2.75, 3.05) is 45.8 Å². The number of hydrogen-bond donors (Lipinski definition) is 4. The highest BCUT2D eigenvalue weighted by Gasteiger charge is 2.16. The lowest BCUT2D eigenvalue weighted by molar-refractivity contribution is -0.308. The first kappa shape index (κ1) is 31.9. The maximum atomic E-state index is 11.3. The molecule has 0 aromatic heterocycles. The number of aliphatic carboxylic acids is 3. The number of carboxylic acids is 3. The summed E-state index contributed by atoms with van der Waals surface area (Å²) in [5, 5.41) is 70.8. The minimum Gasteiger partial charge on any atom is -0.549 e. The van der Waals surface area contributed by atoms with Crippen molar-refractivity contribution in [2.45, 2.75) is 13.1 Å². The second-order valence-electron chi connectivity index (χ2n) is 9.04. The van der Waals surface area contributed by atoms with Crippen LogP contribution in [0.3, 0.4) is 0 Å². The van der Waals surface area contributed by atoms with Crippen molar-refractivity contribution in [3.63, 3.8) is 0 Å². The molecule has 15 heteroatoms. The Morgan fingerprint density at radius 3 is 1.10 bits per heavy atom. The number of nitrogens with zero attached hydrogens (tertiary/aromatic N) is 3. The van der Waals surface area contributed by atoms with Crippen molar-refractivity contribution in [2.24, 2.45) is 0 Å². The van der Waals surface area contributed by atoms with E-state index in [1.165, 1.54) is 39.0 Å². The molecule has 0 bridgehead atoms. The van der Waals surface area contributed by atoms with E-state index in [2.05, 4.69) is 0 Å². The van der Waals surface area contributed by atoms with E-state index in [1.807, 2.05) is 0 Å². The Kier molecular flexibility index (Phi) is 13.1. The summed E-state index contributed by atoms with van der Waals surface area (Å²) in [6.45, 7) is -0.473. The van der Waals surface area contributed by atoms with Gasteiger partial charge in [0.25, 0.3) is 0 Å². The third-order valence-corrected chi connectivity index (χ3v) is 5.89. The summed E-state index contributed by atoms with van der Waals surface area (Å²) in [6.07, 6.45) is 0. The predicted molar refractivity (Wildman–Crippen MR) is 135 cm³/mol. The highest BCUT2D eigenvalue weighted by molar-refractivity contribution is 6.58. The van der Waals surface area contributed by atoms with Gasteiger partial charge in [0.2, 0.25) is 0 Å². The van der Waals surface area contributed by atoms with Gasteiger partial charge in [0.15, 0.2) is 0 Å². The fourth-order valence-electron chi connectivity index (χ4n) is 3.92. The lowest BCUT2D eigenvalue weighted by Gasteiger charge is -2.31. The Hall–Kier alpha value is -3.30. The van der Waals surface area contributed by atoms with Crippen LogP contribution in [0.4, 0.5) is 0 Å². The molecule has 0 aliphatic carbocycles. The molecule has 0 unspecified atom stereocenters. The Labute approximate surface area is 226 Å². The number of carboxylic acid groups (broad SMARTS) is 3. The summed E-state index contributed by atoms with van der Waals surface area (Å²) >= 11 is 0. The van der Waals surface area contributed by atoms with E-state index < -0.39 is 51.8 Å². The lowest BCUT2D eigenvalue weighted by Crippen LogP contribution is -2.47. The first-order valence-electron chi connectivity index (χ1n) is 12.1. The van der Waals surface area contributed by atoms with Gasteiger partial charge in [0.1, 0.15) is 0 Å². The lowest BCUT2D eigenvalue weighted by atomic mass is 9.80. The van der Waals surface area contributed by atoms with E-state index in [9.17, 15) is 49.8 Å². The number of benzene rings is 2. The average molecular weight is 542 g/mol. The molecule has 2 aromatic rings. The van der Waals surface area contributed by atoms with Crippen LogP contribution in [0.25, 0.3) is 0 Å². The highest BCUT2D eigenvalue weighted by atomic mass is 16.4. The van der Waals surface area contributed by atoms with Crippen LogP contribution in [-0.4, -0.2) is 113 Å². The van der Waals surface area contributed by atoms with E-state index in [0.29, 0.717) is 11.1 Å². The smallest absolute Gasteiger partial charge is 0.488 e. The molecule has 0 radical (unpaired) electrons. The topological polar surface area (TPSA) is 211 Å². The van der Waals surface area contributed by atoms with Crippen molar-refractivity contribution in [3.8, 4) is 0 Å². The van der Waals surface area contributed by atoms with Crippen LogP contribution >= 0.6 is 0 Å². The molecular weight excluding hydrogens is 512 g/mol. The standard InChI is InChI=1S/C24H33B2N3O10/c30-22(31)15-27(9-11-28(16-23(32)33)13-18-1-5-20(6-2-18)25(36)37)10-12-29(17-24(34)35)14-19-3-7-21(8-4-19)26(38)39/h1-8,36-39H,9-17H2,(H,30,31)(H,32,33)(H,34,35)/p-3. The third kappa shape index (κ3) is 12.4. The molecule has 0 saturated carbocycles. The molecule has 0 aliphatic heterocycles. The molecule has 0 spiro atoms. The largest absolute Gasteiger partial charge is 0.549 e. The zero-order chi connectivity index (χ0) is 28.9. The maximum Gasteiger partial charge on any atom is 0.488 e. The zero-order valence-corrected chi connectivity index (χ0v) is 21.2. The predicted octanol–water partition coefficient (Wildman–Crippen LogP) is -7.10. The summed E-state index contributed by atoms with van der Waals surface area (Å²) in [4.78, 5) is 38.5. The van der Waals surface area contributed by atoms with Crippen molar-refractivity contribution >= 4 is 43.1 Å². The molecule has 0 saturated heterocycles. The summed E-state index contributed by atoms with van der Waals surface area (Å²) in [5.41, 5.74) is 1.92. The van der Waals surface area contributed by atoms with Crippen LogP contribution in [0.1, 0.15) is 11.1 Å². The van der Waals surface area contributed by atoms with E-state index in [0.717, 1.165) is 0 Å². The van der Waals surface area contributed by atoms with Crippen LogP contribution in [0.5, 0.6) is 0 Å². The molecular formula is C24H30B2N3O10-3. The van der Waals surface area contributed by atoms with Gasteiger partial charge in [0, 0.05) is 58.9 Å². The van der Waals surface area contributed by atoms with Crippen molar-refractivity contribution < 1.29 is 49.8 Å². The van der Waals surface area contributed by atoms with E-state index in [-0.39, 0.29) is 50.2 Å². The molecule has 0 amide bonds. The van der Waals surface area contributed by atoms with E-state index >= 15 is 0 Å². The number of rotatable bonds is 18. The second kappa shape index (κ2) is 16.0. The minimum absolute atomic E-state index is 0.122. The van der Waals surface area contributed by atoms with Crippen molar-refractivity contribution in [3.05, 3.63) is 59.7 Å². The summed E-state index contributed by atoms with van der Waals surface area (Å²) < 4.78 is 0. The molecule has 4 N–H and O–H groups in total. The summed E-state index contributed by atoms with van der Waals surface area (Å²) in [5.74, 6) is -4.02. The quantitative estimate of drug-likeness (QED) is 0.129. The molecule has 0 aliphatic rings. The fraction of sp³-hybridized carbons (Fsp3) is 0.375. The van der Waals surface area contributed by atoms with Gasteiger partial charge in [-0.2, -0.15) is 0 Å². The van der Waals surface area contributed by atoms with Crippen LogP contribution in [-0.2, 0) is 27.5 Å². The van der Waals surface area contributed by atoms with Crippen LogP contribution in [0, 0.1) is 0 Å². The molecule has 2 aromatic carbocycles. The van der Waals surface area contributed by atoms with E-state index in [4.69, 9.17) is 0 Å². The van der Waals surface area contributed by atoms with Gasteiger partial charge in [0.05, 0.1) is 17.9 Å². The number of carbonyl (C=O) groups excluding carboxylic acids is 3. The molecule has 0 heterocycles. The average Bonchev–Trinajstić information content (AvgIpc) is 2.85. The van der Waals surface area contributed by atoms with Gasteiger partial charge in [-0.15, -0.1) is 0 Å². The minimum atomic E-state index is -1.64. The van der Waals surface area contributed by atoms with Crippen LogP contribution in [0.15, 0.2) is 48.5 Å². The van der Waals surface area contributed by atoms with Gasteiger partial charge in [-0.3, -0.25) is 14.7 Å². The van der Waals surface area contributed by atoms with Crippen LogP contribution in [0.2, 0.25) is 0 Å². The molecule has 0 fully saturated rings. The Bertz CT molecular complexity index is 993. The van der Waals surface area contributed by atoms with Gasteiger partial charge >= 0.3 is 14.2 Å². The van der Waals surface area contributed by atoms with Gasteiger partial charge in [-0.05, 0) is 22.1 Å². The normalized spacial score (nSPS) is 11.3. The summed E-state index contributed by atoms with van der Waals surface area (Å²) in [6, 6.07) is 12.4. The Balaban J connectivity index is 2.04. The van der Waals surface area contributed by atoms with Gasteiger partial charge < -0.3 is 49.8 Å². The number of carbonyl (C=O) groups is 3. The Morgan fingerprint density at radius 2 is 0.821 bits per heavy atom. The molecule has 39 heavy (non-hydrogen) atoms. The third-order valence-electron chi connectivity index (χ3n) is 5.89. The fourth-order valence-corrected chi connectivity index (χ4v) is 3.92. The molecule has 0 atom stereocenters. The first-order valence-corrected chi connectivity index (χ1v) is 12.1. The first-order chi connectivity index (χ1) is 18.4. The zero-order valence-electron chi connectivity index (χ0n) is 21.2. The van der Waals surface area contributed by atoms with Gasteiger partial charge in [-0.25, -0.2) is 0 Å². The van der Waals surface area contributed by atoms with Crippen molar-refractivity contribution in [1.29, 1.82) is 0 Å². The second-order valence-corrected chi connectivity index (χ2v) is 9.04. The molecule has 13 nitrogen and oxygen atoms in total. The Morgan fingerprint density at radius 1 is 0.538 bits per heavy atom. The van der Waals surface area contributed by atoms with Crippen LogP contribution < -0.4 is 26.2 Å². The maximum absolute atomic E-state index is 11.3. The van der Waals surface area contributed by atoms with E-state index in [1.54, 1.807) is 24.3 Å². The van der Waals surface area contributed by atoms with Gasteiger partial charge in [-0.1, -0.05) is 48.5 Å². The molecule has 2 rings (SSSR count).